The average Bonchev–Trinajstić information content (AvgIpc) is 2.24. The number of hydrogen-bond acceptors (Lipinski definition) is 4. The second-order valence-electron chi connectivity index (χ2n) is 4.89. The molecule has 0 radical (unpaired) electrons. The molecule has 0 rings (SSSR count). The second kappa shape index (κ2) is 7.92. The lowest BCUT2D eigenvalue weighted by atomic mass is 10.2. The number of ether oxygens (including phenoxy) is 1. The van der Waals surface area contributed by atoms with E-state index >= 15 is 0 Å². The molecule has 0 bridgehead atoms. The largest absolute Gasteiger partial charge is 0.444 e. The fourth-order valence-corrected chi connectivity index (χ4v) is 1.31. The van der Waals surface area contributed by atoms with Crippen molar-refractivity contribution in [3.05, 3.63) is 0 Å². The molecule has 0 fully saturated rings. The molecule has 0 aliphatic rings. The number of nitrogens with zero attached hydrogens (tertiary/aromatic N) is 1. The number of aliphatic hydroxyl groups excluding tert-OH is 1. The van der Waals surface area contributed by atoms with E-state index in [1.54, 1.807) is 27.7 Å². The van der Waals surface area contributed by atoms with Gasteiger partial charge in [0.25, 0.3) is 0 Å². The molecule has 2 amide bonds. The van der Waals surface area contributed by atoms with Gasteiger partial charge >= 0.3 is 6.09 Å². The highest BCUT2D eigenvalue weighted by Gasteiger charge is 2.16. The van der Waals surface area contributed by atoms with E-state index in [-0.39, 0.29) is 19.1 Å². The Hall–Kier alpha value is -1.30. The van der Waals surface area contributed by atoms with Crippen LogP contribution >= 0.6 is 0 Å². The Morgan fingerprint density at radius 3 is 2.33 bits per heavy atom. The Morgan fingerprint density at radius 2 is 1.89 bits per heavy atom. The van der Waals surface area contributed by atoms with E-state index in [9.17, 15) is 9.59 Å². The normalized spacial score (nSPS) is 10.9. The van der Waals surface area contributed by atoms with Crippen LogP contribution in [0.2, 0.25) is 0 Å². The molecule has 0 saturated heterocycles. The Bertz CT molecular complexity index is 274. The van der Waals surface area contributed by atoms with Crippen molar-refractivity contribution >= 4 is 12.0 Å². The standard InChI is InChI=1S/C12H24N2O4/c1-5-10(16)14(8-9-15)7-6-13-11(17)18-12(2,3)4/h15H,5-9H2,1-4H3,(H,13,17). The van der Waals surface area contributed by atoms with Crippen molar-refractivity contribution in [3.8, 4) is 0 Å². The summed E-state index contributed by atoms with van der Waals surface area (Å²) in [6.45, 7) is 7.98. The highest BCUT2D eigenvalue weighted by atomic mass is 16.6. The molecule has 2 N–H and O–H groups in total. The molecular formula is C12H24N2O4. The molecule has 0 spiro atoms. The van der Waals surface area contributed by atoms with E-state index in [1.165, 1.54) is 4.90 Å². The molecule has 0 aliphatic heterocycles. The Kier molecular flexibility index (Phi) is 7.35. The van der Waals surface area contributed by atoms with Crippen LogP contribution in [0.3, 0.4) is 0 Å². The molecule has 18 heavy (non-hydrogen) atoms. The second-order valence-corrected chi connectivity index (χ2v) is 4.89. The summed E-state index contributed by atoms with van der Waals surface area (Å²) in [5.41, 5.74) is -0.534. The molecule has 0 unspecified atom stereocenters. The molecule has 0 aromatic carbocycles. The van der Waals surface area contributed by atoms with Crippen molar-refractivity contribution in [1.29, 1.82) is 0 Å². The minimum atomic E-state index is -0.534. The lowest BCUT2D eigenvalue weighted by Gasteiger charge is -2.23. The minimum Gasteiger partial charge on any atom is -0.444 e. The van der Waals surface area contributed by atoms with Crippen LogP contribution in [0.1, 0.15) is 34.1 Å². The molecular weight excluding hydrogens is 236 g/mol. The number of nitrogens with one attached hydrogen (secondary N) is 1. The van der Waals surface area contributed by atoms with E-state index in [0.29, 0.717) is 19.5 Å². The van der Waals surface area contributed by atoms with E-state index in [1.807, 2.05) is 0 Å². The van der Waals surface area contributed by atoms with Gasteiger partial charge in [0.1, 0.15) is 5.60 Å². The third kappa shape index (κ3) is 7.89. The number of carbonyl (C=O) groups excluding carboxylic acids is 2. The van der Waals surface area contributed by atoms with Gasteiger partial charge in [-0.15, -0.1) is 0 Å². The monoisotopic (exact) mass is 260 g/mol. The van der Waals surface area contributed by atoms with Gasteiger partial charge < -0.3 is 20.1 Å². The Morgan fingerprint density at radius 1 is 1.28 bits per heavy atom. The molecule has 0 saturated carbocycles. The van der Waals surface area contributed by atoms with Crippen molar-refractivity contribution in [2.24, 2.45) is 0 Å². The number of carbonyl (C=O) groups is 2. The number of aliphatic hydroxyl groups is 1. The zero-order valence-electron chi connectivity index (χ0n) is 11.7. The summed E-state index contributed by atoms with van der Waals surface area (Å²) in [5, 5.41) is 11.4. The summed E-state index contributed by atoms with van der Waals surface area (Å²) in [6.07, 6.45) is -0.123. The van der Waals surface area contributed by atoms with Crippen molar-refractivity contribution in [2.45, 2.75) is 39.7 Å². The summed E-state index contributed by atoms with van der Waals surface area (Å²) >= 11 is 0. The summed E-state index contributed by atoms with van der Waals surface area (Å²) < 4.78 is 5.06. The molecule has 0 aromatic heterocycles. The Labute approximate surface area is 108 Å². The van der Waals surface area contributed by atoms with Crippen molar-refractivity contribution in [1.82, 2.24) is 10.2 Å². The lowest BCUT2D eigenvalue weighted by Crippen LogP contribution is -2.41. The zero-order chi connectivity index (χ0) is 14.2. The molecule has 6 heteroatoms. The quantitative estimate of drug-likeness (QED) is 0.738. The predicted molar refractivity (Wildman–Crippen MR) is 68.2 cm³/mol. The SMILES string of the molecule is CCC(=O)N(CCO)CCNC(=O)OC(C)(C)C. The third-order valence-electron chi connectivity index (χ3n) is 2.08. The predicted octanol–water partition coefficient (Wildman–Crippen LogP) is 0.742. The summed E-state index contributed by atoms with van der Waals surface area (Å²) in [5.74, 6) is -0.0463. The van der Waals surface area contributed by atoms with Crippen LogP contribution in [0.15, 0.2) is 0 Å². The van der Waals surface area contributed by atoms with Crippen LogP contribution < -0.4 is 5.32 Å². The van der Waals surface area contributed by atoms with Gasteiger partial charge in [0.05, 0.1) is 6.61 Å². The molecule has 0 atom stereocenters. The fraction of sp³-hybridized carbons (Fsp3) is 0.833. The van der Waals surface area contributed by atoms with Crippen molar-refractivity contribution < 1.29 is 19.4 Å². The van der Waals surface area contributed by atoms with Gasteiger partial charge in [0.15, 0.2) is 0 Å². The van der Waals surface area contributed by atoms with Crippen LogP contribution in [0.5, 0.6) is 0 Å². The molecule has 6 nitrogen and oxygen atoms in total. The topological polar surface area (TPSA) is 78.9 Å². The Balaban J connectivity index is 3.99. The first-order chi connectivity index (χ1) is 8.30. The summed E-state index contributed by atoms with van der Waals surface area (Å²) in [6, 6.07) is 0. The van der Waals surface area contributed by atoms with E-state index < -0.39 is 11.7 Å². The summed E-state index contributed by atoms with van der Waals surface area (Å²) in [7, 11) is 0. The van der Waals surface area contributed by atoms with Crippen LogP contribution in [0.4, 0.5) is 4.79 Å². The highest BCUT2D eigenvalue weighted by Crippen LogP contribution is 2.06. The lowest BCUT2D eigenvalue weighted by molar-refractivity contribution is -0.131. The van der Waals surface area contributed by atoms with Gasteiger partial charge in [-0.05, 0) is 20.8 Å². The average molecular weight is 260 g/mol. The first-order valence-corrected chi connectivity index (χ1v) is 6.15. The number of hydrogen-bond donors (Lipinski definition) is 2. The number of amides is 2. The van der Waals surface area contributed by atoms with Gasteiger partial charge in [-0.1, -0.05) is 6.92 Å². The first-order valence-electron chi connectivity index (χ1n) is 6.15. The minimum absolute atomic E-state index is 0.0463. The van der Waals surface area contributed by atoms with Crippen LogP contribution in [-0.2, 0) is 9.53 Å². The molecule has 0 aromatic rings. The highest BCUT2D eigenvalue weighted by molar-refractivity contribution is 5.75. The van der Waals surface area contributed by atoms with Gasteiger partial charge in [-0.3, -0.25) is 4.79 Å². The van der Waals surface area contributed by atoms with Gasteiger partial charge in [0.2, 0.25) is 5.91 Å². The van der Waals surface area contributed by atoms with Crippen molar-refractivity contribution in [3.63, 3.8) is 0 Å². The first kappa shape index (κ1) is 16.7. The van der Waals surface area contributed by atoms with Crippen LogP contribution in [0.25, 0.3) is 0 Å². The third-order valence-corrected chi connectivity index (χ3v) is 2.08. The van der Waals surface area contributed by atoms with Gasteiger partial charge in [-0.25, -0.2) is 4.79 Å². The van der Waals surface area contributed by atoms with E-state index in [4.69, 9.17) is 9.84 Å². The zero-order valence-corrected chi connectivity index (χ0v) is 11.7. The van der Waals surface area contributed by atoms with E-state index in [0.717, 1.165) is 0 Å². The van der Waals surface area contributed by atoms with Crippen LogP contribution in [0, 0.1) is 0 Å². The van der Waals surface area contributed by atoms with E-state index in [2.05, 4.69) is 5.32 Å². The van der Waals surface area contributed by atoms with Crippen LogP contribution in [-0.4, -0.2) is 53.8 Å². The molecule has 0 heterocycles. The maximum absolute atomic E-state index is 11.5. The van der Waals surface area contributed by atoms with Gasteiger partial charge in [0, 0.05) is 26.1 Å². The number of rotatable bonds is 6. The fourth-order valence-electron chi connectivity index (χ4n) is 1.31. The number of alkyl carbamates (subject to hydrolysis) is 1. The maximum Gasteiger partial charge on any atom is 0.407 e. The maximum atomic E-state index is 11.5. The smallest absolute Gasteiger partial charge is 0.407 e. The van der Waals surface area contributed by atoms with Crippen molar-refractivity contribution in [2.75, 3.05) is 26.2 Å². The van der Waals surface area contributed by atoms with Gasteiger partial charge in [-0.2, -0.15) is 0 Å². The molecule has 0 aliphatic carbocycles. The summed E-state index contributed by atoms with van der Waals surface area (Å²) in [4.78, 5) is 24.3. The molecule has 106 valence electrons.